The lowest BCUT2D eigenvalue weighted by molar-refractivity contribution is -0.138. The summed E-state index contributed by atoms with van der Waals surface area (Å²) in [5, 5.41) is 13.9. The first kappa shape index (κ1) is 32.5. The fourth-order valence-corrected chi connectivity index (χ4v) is 5.15. The molecule has 0 aliphatic carbocycles. The molecule has 16 heteroatoms. The average Bonchev–Trinajstić information content (AvgIpc) is 2.98. The van der Waals surface area contributed by atoms with Crippen molar-refractivity contribution in [1.29, 1.82) is 0 Å². The van der Waals surface area contributed by atoms with Crippen LogP contribution < -0.4 is 31.3 Å². The van der Waals surface area contributed by atoms with Gasteiger partial charge < -0.3 is 31.3 Å². The van der Waals surface area contributed by atoms with Crippen LogP contribution in [0.3, 0.4) is 0 Å². The third-order valence-electron chi connectivity index (χ3n) is 6.16. The second kappa shape index (κ2) is 14.8. The highest BCUT2D eigenvalue weighted by atomic mass is 32.2. The first-order valence-electron chi connectivity index (χ1n) is 13.5. The minimum absolute atomic E-state index is 0.0101. The van der Waals surface area contributed by atoms with Crippen molar-refractivity contribution in [3.8, 4) is 11.8 Å². The number of carbonyl (C=O) groups is 1. The molecule has 44 heavy (non-hydrogen) atoms. The fraction of sp³-hybridized carbons (Fsp3) is 0.321. The Bertz CT molecular complexity index is 1640. The van der Waals surface area contributed by atoms with Crippen LogP contribution in [0.2, 0.25) is 0 Å². The number of carbonyl (C=O) groups excluding carboxylic acids is 1. The highest BCUT2D eigenvalue weighted by Gasteiger charge is 2.33. The molecule has 0 unspecified atom stereocenters. The van der Waals surface area contributed by atoms with Crippen molar-refractivity contribution < 1.29 is 31.1 Å². The summed E-state index contributed by atoms with van der Waals surface area (Å²) in [6.07, 6.45) is -2.67. The Kier molecular flexibility index (Phi) is 11.0. The smallest absolute Gasteiger partial charge is 0.383 e. The van der Waals surface area contributed by atoms with Crippen LogP contribution in [-0.4, -0.2) is 64.3 Å². The average molecular weight is 633 g/mol. The van der Waals surface area contributed by atoms with Gasteiger partial charge in [-0.2, -0.15) is 18.2 Å². The maximum atomic E-state index is 13.6. The molecular formula is C28H31F3N8O4S. The molecule has 0 saturated heterocycles. The summed E-state index contributed by atoms with van der Waals surface area (Å²) in [6.45, 7) is 1.20. The van der Waals surface area contributed by atoms with Crippen molar-refractivity contribution in [2.24, 2.45) is 0 Å². The van der Waals surface area contributed by atoms with Crippen LogP contribution in [0, 0.1) is 11.8 Å². The summed E-state index contributed by atoms with van der Waals surface area (Å²) in [7, 11) is -2.18. The van der Waals surface area contributed by atoms with E-state index in [1.165, 1.54) is 37.6 Å². The van der Waals surface area contributed by atoms with Gasteiger partial charge in [0, 0.05) is 44.7 Å². The third kappa shape index (κ3) is 9.28. The van der Waals surface area contributed by atoms with Crippen molar-refractivity contribution in [3.05, 3.63) is 65.4 Å². The Morgan fingerprint density at radius 3 is 2.80 bits per heavy atom. The number of aromatic nitrogens is 2. The number of hydrogen-bond donors (Lipinski definition) is 6. The Morgan fingerprint density at radius 1 is 1.16 bits per heavy atom. The van der Waals surface area contributed by atoms with E-state index in [0.29, 0.717) is 43.2 Å². The van der Waals surface area contributed by atoms with E-state index in [0.717, 1.165) is 6.07 Å². The molecule has 4 rings (SSSR count). The van der Waals surface area contributed by atoms with E-state index in [9.17, 15) is 26.4 Å². The van der Waals surface area contributed by atoms with Crippen molar-refractivity contribution >= 4 is 39.2 Å². The number of amides is 2. The van der Waals surface area contributed by atoms with E-state index < -0.39 is 27.8 Å². The number of halogens is 3. The number of alkyl halides is 3. The number of fused-ring (bicyclic) bond motifs is 4. The predicted molar refractivity (Wildman–Crippen MR) is 159 cm³/mol. The minimum atomic E-state index is -4.61. The molecule has 6 N–H and O–H groups in total. The molecule has 1 aromatic heterocycles. The number of methoxy groups -OCH3 is 1. The van der Waals surface area contributed by atoms with Gasteiger partial charge in [-0.25, -0.2) is 22.9 Å². The van der Waals surface area contributed by atoms with Crippen LogP contribution in [0.4, 0.5) is 41.1 Å². The number of urea groups is 1. The molecule has 1 aliphatic rings. The molecule has 4 bridgehead atoms. The van der Waals surface area contributed by atoms with Gasteiger partial charge in [0.05, 0.1) is 35.4 Å². The molecule has 12 nitrogen and oxygen atoms in total. The molecule has 2 heterocycles. The van der Waals surface area contributed by atoms with Crippen molar-refractivity contribution in [3.63, 3.8) is 0 Å². The Hall–Kier alpha value is -4.43. The molecule has 0 atom stereocenters. The molecule has 1 aliphatic heterocycles. The number of anilines is 4. The quantitative estimate of drug-likeness (QED) is 0.170. The van der Waals surface area contributed by atoms with Gasteiger partial charge in [0.15, 0.2) is 0 Å². The molecule has 3 aromatic rings. The Balaban J connectivity index is 1.39. The monoisotopic (exact) mass is 632 g/mol. The summed E-state index contributed by atoms with van der Waals surface area (Å²) in [6, 6.07) is 9.09. The molecule has 2 aromatic carbocycles. The standard InChI is InChI=1S/C28H31F3N8O4S/c1-43-14-13-32-17-19-8-9-22(16-24(19)28(29,30)31)38-27(40)34-10-3-5-20-18-35-26-37-21-6-2-7-23(15-21)44(41,42)36-12-4-11-33-25(20)39-26/h2,6-9,15-16,18,32,36H,4,10-14,17H2,1H3,(H2,34,38,40)(H2,33,35,37,39). The molecular weight excluding hydrogens is 601 g/mol. The Labute approximate surface area is 252 Å². The Morgan fingerprint density at radius 2 is 2.00 bits per heavy atom. The lowest BCUT2D eigenvalue weighted by atomic mass is 10.1. The molecule has 2 amide bonds. The topological polar surface area (TPSA) is 158 Å². The lowest BCUT2D eigenvalue weighted by Gasteiger charge is -2.15. The number of hydrogen-bond acceptors (Lipinski definition) is 9. The van der Waals surface area contributed by atoms with Gasteiger partial charge in [-0.05, 0) is 42.3 Å². The zero-order valence-electron chi connectivity index (χ0n) is 23.6. The van der Waals surface area contributed by atoms with Gasteiger partial charge >= 0.3 is 12.2 Å². The van der Waals surface area contributed by atoms with Gasteiger partial charge in [-0.1, -0.05) is 24.0 Å². The maximum absolute atomic E-state index is 13.6. The summed E-state index contributed by atoms with van der Waals surface area (Å²) >= 11 is 0. The van der Waals surface area contributed by atoms with Crippen molar-refractivity contribution in [2.75, 3.05) is 55.8 Å². The van der Waals surface area contributed by atoms with Crippen LogP contribution in [0.15, 0.2) is 53.6 Å². The third-order valence-corrected chi connectivity index (χ3v) is 7.62. The minimum Gasteiger partial charge on any atom is -0.383 e. The van der Waals surface area contributed by atoms with E-state index in [4.69, 9.17) is 4.74 Å². The molecule has 0 radical (unpaired) electrons. The maximum Gasteiger partial charge on any atom is 0.416 e. The molecule has 0 spiro atoms. The first-order valence-corrected chi connectivity index (χ1v) is 14.9. The summed E-state index contributed by atoms with van der Waals surface area (Å²) < 4.78 is 73.4. The van der Waals surface area contributed by atoms with Crippen LogP contribution in [0.25, 0.3) is 0 Å². The number of benzene rings is 2. The molecule has 0 fully saturated rings. The van der Waals surface area contributed by atoms with Crippen LogP contribution in [0.5, 0.6) is 0 Å². The number of ether oxygens (including phenoxy) is 1. The second-order valence-electron chi connectivity index (χ2n) is 9.44. The van der Waals surface area contributed by atoms with E-state index >= 15 is 0 Å². The zero-order valence-corrected chi connectivity index (χ0v) is 24.5. The number of sulfonamides is 1. The van der Waals surface area contributed by atoms with Crippen LogP contribution in [-0.2, 0) is 27.5 Å². The van der Waals surface area contributed by atoms with E-state index in [1.807, 2.05) is 0 Å². The highest BCUT2D eigenvalue weighted by molar-refractivity contribution is 7.89. The summed E-state index contributed by atoms with van der Waals surface area (Å²) in [5.41, 5.74) is 0.0584. The summed E-state index contributed by atoms with van der Waals surface area (Å²) in [4.78, 5) is 21.2. The van der Waals surface area contributed by atoms with Crippen LogP contribution in [0.1, 0.15) is 23.1 Å². The lowest BCUT2D eigenvalue weighted by Crippen LogP contribution is -2.29. The van der Waals surface area contributed by atoms with Crippen molar-refractivity contribution in [1.82, 2.24) is 25.3 Å². The largest absolute Gasteiger partial charge is 0.416 e. The van der Waals surface area contributed by atoms with E-state index in [2.05, 4.69) is 53.1 Å². The zero-order chi connectivity index (χ0) is 31.6. The number of nitrogens with one attached hydrogen (secondary N) is 6. The van der Waals surface area contributed by atoms with Gasteiger partial charge in [0.2, 0.25) is 16.0 Å². The molecule has 0 saturated carbocycles. The van der Waals surface area contributed by atoms with Crippen LogP contribution >= 0.6 is 0 Å². The second-order valence-corrected chi connectivity index (χ2v) is 11.2. The van der Waals surface area contributed by atoms with Gasteiger partial charge in [-0.3, -0.25) is 0 Å². The normalized spacial score (nSPS) is 14.3. The van der Waals surface area contributed by atoms with Gasteiger partial charge in [-0.15, -0.1) is 0 Å². The number of rotatable bonds is 7. The van der Waals surface area contributed by atoms with Crippen molar-refractivity contribution in [2.45, 2.75) is 24.0 Å². The fourth-order valence-electron chi connectivity index (χ4n) is 4.03. The number of nitrogens with zero attached hydrogens (tertiary/aromatic N) is 2. The highest BCUT2D eigenvalue weighted by Crippen LogP contribution is 2.34. The summed E-state index contributed by atoms with van der Waals surface area (Å²) in [5.74, 6) is 6.26. The van der Waals surface area contributed by atoms with E-state index in [1.54, 1.807) is 12.1 Å². The van der Waals surface area contributed by atoms with E-state index in [-0.39, 0.29) is 41.7 Å². The van der Waals surface area contributed by atoms with Gasteiger partial charge in [0.25, 0.3) is 0 Å². The predicted octanol–water partition coefficient (Wildman–Crippen LogP) is 3.24. The van der Waals surface area contributed by atoms with Gasteiger partial charge in [0.1, 0.15) is 5.82 Å². The first-order chi connectivity index (χ1) is 21.0. The SMILES string of the molecule is COCCNCc1ccc(NC(=O)NCC#Cc2cnc3nc2NCCCNS(=O)(=O)c2cccc(c2)N3)cc1C(F)(F)F. The molecule has 234 valence electrons.